The molecule has 1 aromatic heterocycles. The van der Waals surface area contributed by atoms with Crippen molar-refractivity contribution in [3.05, 3.63) is 12.4 Å². The topological polar surface area (TPSA) is 29.9 Å². The minimum atomic E-state index is 0.256. The molecule has 1 heterocycles. The van der Waals surface area contributed by atoms with Crippen LogP contribution in [0.25, 0.3) is 0 Å². The van der Waals surface area contributed by atoms with Gasteiger partial charge in [-0.2, -0.15) is 0 Å². The van der Waals surface area contributed by atoms with Gasteiger partial charge >= 0.3 is 0 Å². The smallest absolute Gasteiger partial charge is 0.203 e. The SMILES string of the molecule is CC(Nc1nccn1C1CCCC1)C(C)(C)C. The Morgan fingerprint density at radius 1 is 1.35 bits per heavy atom. The molecule has 1 aliphatic carbocycles. The van der Waals surface area contributed by atoms with E-state index >= 15 is 0 Å². The lowest BCUT2D eigenvalue weighted by molar-refractivity contribution is 0.355. The summed E-state index contributed by atoms with van der Waals surface area (Å²) in [5, 5.41) is 3.56. The third-order valence-corrected chi connectivity index (χ3v) is 4.03. The molecular formula is C14H25N3. The second kappa shape index (κ2) is 4.71. The molecule has 1 N–H and O–H groups in total. The molecule has 0 aromatic carbocycles. The second-order valence-electron chi connectivity index (χ2n) is 6.33. The van der Waals surface area contributed by atoms with E-state index in [0.29, 0.717) is 12.1 Å². The quantitative estimate of drug-likeness (QED) is 0.862. The summed E-state index contributed by atoms with van der Waals surface area (Å²) in [7, 11) is 0. The van der Waals surface area contributed by atoms with Crippen molar-refractivity contribution in [2.45, 2.75) is 65.5 Å². The van der Waals surface area contributed by atoms with Crippen LogP contribution in [-0.4, -0.2) is 15.6 Å². The van der Waals surface area contributed by atoms with E-state index in [-0.39, 0.29) is 5.41 Å². The van der Waals surface area contributed by atoms with Crippen molar-refractivity contribution >= 4 is 5.95 Å². The maximum atomic E-state index is 4.47. The van der Waals surface area contributed by atoms with Crippen LogP contribution in [0.2, 0.25) is 0 Å². The first-order valence-electron chi connectivity index (χ1n) is 6.78. The predicted molar refractivity (Wildman–Crippen MR) is 72.3 cm³/mol. The summed E-state index contributed by atoms with van der Waals surface area (Å²) in [5.41, 5.74) is 0.256. The van der Waals surface area contributed by atoms with Crippen molar-refractivity contribution in [3.8, 4) is 0 Å². The zero-order chi connectivity index (χ0) is 12.5. The number of imidazole rings is 1. The van der Waals surface area contributed by atoms with Crippen LogP contribution in [0.3, 0.4) is 0 Å². The third-order valence-electron chi connectivity index (χ3n) is 4.03. The second-order valence-corrected chi connectivity index (χ2v) is 6.33. The lowest BCUT2D eigenvalue weighted by Crippen LogP contribution is -2.32. The fourth-order valence-corrected chi connectivity index (χ4v) is 2.31. The molecule has 1 unspecified atom stereocenters. The summed E-state index contributed by atoms with van der Waals surface area (Å²) >= 11 is 0. The summed E-state index contributed by atoms with van der Waals surface area (Å²) in [5.74, 6) is 1.04. The molecule has 1 atom stereocenters. The lowest BCUT2D eigenvalue weighted by atomic mass is 9.88. The first-order chi connectivity index (χ1) is 7.98. The zero-order valence-corrected chi connectivity index (χ0v) is 11.5. The van der Waals surface area contributed by atoms with Gasteiger partial charge < -0.3 is 9.88 Å². The van der Waals surface area contributed by atoms with E-state index in [2.05, 4.69) is 48.8 Å². The maximum absolute atomic E-state index is 4.47. The van der Waals surface area contributed by atoms with Gasteiger partial charge in [0.2, 0.25) is 5.95 Å². The number of nitrogens with zero attached hydrogens (tertiary/aromatic N) is 2. The Morgan fingerprint density at radius 3 is 2.59 bits per heavy atom. The summed E-state index contributed by atoms with van der Waals surface area (Å²) in [6.45, 7) is 9.00. The Morgan fingerprint density at radius 2 is 2.00 bits per heavy atom. The highest BCUT2D eigenvalue weighted by Gasteiger charge is 2.23. The van der Waals surface area contributed by atoms with Crippen LogP contribution in [0.4, 0.5) is 5.95 Å². The molecule has 3 heteroatoms. The third kappa shape index (κ3) is 2.82. The molecule has 0 spiro atoms. The van der Waals surface area contributed by atoms with Gasteiger partial charge in [-0.3, -0.25) is 0 Å². The first-order valence-corrected chi connectivity index (χ1v) is 6.78. The lowest BCUT2D eigenvalue weighted by Gasteiger charge is -2.29. The van der Waals surface area contributed by atoms with Crippen molar-refractivity contribution in [2.24, 2.45) is 5.41 Å². The molecule has 2 rings (SSSR count). The van der Waals surface area contributed by atoms with Gasteiger partial charge in [0, 0.05) is 24.5 Å². The minimum Gasteiger partial charge on any atom is -0.353 e. The van der Waals surface area contributed by atoms with Crippen molar-refractivity contribution in [1.82, 2.24) is 9.55 Å². The molecule has 0 saturated heterocycles. The molecule has 0 aliphatic heterocycles. The van der Waals surface area contributed by atoms with Crippen molar-refractivity contribution in [2.75, 3.05) is 5.32 Å². The van der Waals surface area contributed by atoms with Crippen molar-refractivity contribution in [1.29, 1.82) is 0 Å². The monoisotopic (exact) mass is 235 g/mol. The van der Waals surface area contributed by atoms with E-state index in [1.807, 2.05) is 6.20 Å². The Balaban J connectivity index is 2.08. The predicted octanol–water partition coefficient (Wildman–Crippen LogP) is 3.84. The normalized spacial score (nSPS) is 19.5. The average Bonchev–Trinajstić information content (AvgIpc) is 2.83. The number of hydrogen-bond acceptors (Lipinski definition) is 2. The molecule has 0 amide bonds. The van der Waals surface area contributed by atoms with Crippen LogP contribution >= 0.6 is 0 Å². The molecule has 1 saturated carbocycles. The molecule has 17 heavy (non-hydrogen) atoms. The van der Waals surface area contributed by atoms with Crippen molar-refractivity contribution < 1.29 is 0 Å². The number of hydrogen-bond donors (Lipinski definition) is 1. The van der Waals surface area contributed by atoms with Crippen LogP contribution in [0.1, 0.15) is 59.4 Å². The Hall–Kier alpha value is -0.990. The van der Waals surface area contributed by atoms with Gasteiger partial charge in [0.1, 0.15) is 0 Å². The van der Waals surface area contributed by atoms with Crippen LogP contribution in [0.15, 0.2) is 12.4 Å². The standard InChI is InChI=1S/C14H25N3/c1-11(14(2,3)4)16-13-15-9-10-17(13)12-7-5-6-8-12/h9-12H,5-8H2,1-4H3,(H,15,16). The van der Waals surface area contributed by atoms with E-state index in [0.717, 1.165) is 5.95 Å². The first kappa shape index (κ1) is 12.5. The van der Waals surface area contributed by atoms with E-state index < -0.39 is 0 Å². The van der Waals surface area contributed by atoms with Crippen LogP contribution in [-0.2, 0) is 0 Å². The molecule has 0 bridgehead atoms. The molecule has 1 aliphatic rings. The minimum absolute atomic E-state index is 0.256. The fourth-order valence-electron chi connectivity index (χ4n) is 2.31. The van der Waals surface area contributed by atoms with Crippen LogP contribution < -0.4 is 5.32 Å². The van der Waals surface area contributed by atoms with Gasteiger partial charge in [0.25, 0.3) is 0 Å². The molecule has 1 fully saturated rings. The fraction of sp³-hybridized carbons (Fsp3) is 0.786. The number of rotatable bonds is 3. The van der Waals surface area contributed by atoms with Gasteiger partial charge in [0.05, 0.1) is 0 Å². The highest BCUT2D eigenvalue weighted by atomic mass is 15.2. The molecule has 0 radical (unpaired) electrons. The van der Waals surface area contributed by atoms with Gasteiger partial charge in [-0.25, -0.2) is 4.98 Å². The van der Waals surface area contributed by atoms with Gasteiger partial charge in [-0.15, -0.1) is 0 Å². The largest absolute Gasteiger partial charge is 0.353 e. The van der Waals surface area contributed by atoms with Gasteiger partial charge in [0.15, 0.2) is 0 Å². The van der Waals surface area contributed by atoms with Crippen LogP contribution in [0.5, 0.6) is 0 Å². The molecular weight excluding hydrogens is 210 g/mol. The number of aromatic nitrogens is 2. The highest BCUT2D eigenvalue weighted by Crippen LogP contribution is 2.32. The molecule has 96 valence electrons. The van der Waals surface area contributed by atoms with E-state index in [9.17, 15) is 0 Å². The number of anilines is 1. The summed E-state index contributed by atoms with van der Waals surface area (Å²) in [6.07, 6.45) is 9.35. The van der Waals surface area contributed by atoms with Crippen LogP contribution in [0, 0.1) is 5.41 Å². The Labute approximate surface area is 105 Å². The van der Waals surface area contributed by atoms with Gasteiger partial charge in [-0.1, -0.05) is 33.6 Å². The van der Waals surface area contributed by atoms with E-state index in [1.54, 1.807) is 0 Å². The number of nitrogens with one attached hydrogen (secondary N) is 1. The zero-order valence-electron chi connectivity index (χ0n) is 11.5. The Kier molecular flexibility index (Phi) is 3.45. The summed E-state index contributed by atoms with van der Waals surface area (Å²) in [4.78, 5) is 4.47. The maximum Gasteiger partial charge on any atom is 0.203 e. The van der Waals surface area contributed by atoms with E-state index in [4.69, 9.17) is 0 Å². The summed E-state index contributed by atoms with van der Waals surface area (Å²) in [6, 6.07) is 1.08. The molecule has 1 aromatic rings. The molecule has 3 nitrogen and oxygen atoms in total. The highest BCUT2D eigenvalue weighted by molar-refractivity contribution is 5.29. The van der Waals surface area contributed by atoms with E-state index in [1.165, 1.54) is 25.7 Å². The van der Waals surface area contributed by atoms with Crippen molar-refractivity contribution in [3.63, 3.8) is 0 Å². The van der Waals surface area contributed by atoms with Gasteiger partial charge in [-0.05, 0) is 25.2 Å². The average molecular weight is 235 g/mol. The summed E-state index contributed by atoms with van der Waals surface area (Å²) < 4.78 is 2.33. The Bertz CT molecular complexity index is 356.